The number of thioether (sulfide) groups is 1. The van der Waals surface area contributed by atoms with Crippen LogP contribution in [0.3, 0.4) is 0 Å². The number of nitrogens with one attached hydrogen (secondary N) is 3. The highest BCUT2D eigenvalue weighted by Crippen LogP contribution is 2.13. The molecule has 2 aromatic carbocycles. The molecule has 0 saturated heterocycles. The molecule has 30 heavy (non-hydrogen) atoms. The van der Waals surface area contributed by atoms with Crippen molar-refractivity contribution in [1.29, 1.82) is 0 Å². The number of rotatable bonds is 10. The monoisotopic (exact) mass is 449 g/mol. The number of hydrogen-bond acceptors (Lipinski definition) is 5. The van der Waals surface area contributed by atoms with Crippen molar-refractivity contribution in [3.05, 3.63) is 59.7 Å². The molecule has 0 fully saturated rings. The summed E-state index contributed by atoms with van der Waals surface area (Å²) in [5, 5.41) is 5.52. The summed E-state index contributed by atoms with van der Waals surface area (Å²) in [5.74, 6) is -0.103. The first-order valence-corrected chi connectivity index (χ1v) is 12.1. The number of sulfonamides is 1. The predicted molar refractivity (Wildman–Crippen MR) is 121 cm³/mol. The topological polar surface area (TPSA) is 104 Å². The summed E-state index contributed by atoms with van der Waals surface area (Å²) >= 11 is 1.21. The average Bonchev–Trinajstić information content (AvgIpc) is 2.67. The van der Waals surface area contributed by atoms with Gasteiger partial charge in [0.1, 0.15) is 0 Å². The van der Waals surface area contributed by atoms with E-state index in [9.17, 15) is 18.0 Å². The third-order valence-electron chi connectivity index (χ3n) is 3.89. The van der Waals surface area contributed by atoms with Gasteiger partial charge in [-0.3, -0.25) is 9.59 Å². The van der Waals surface area contributed by atoms with E-state index in [0.29, 0.717) is 5.56 Å². The van der Waals surface area contributed by atoms with Crippen molar-refractivity contribution in [3.8, 4) is 0 Å². The summed E-state index contributed by atoms with van der Waals surface area (Å²) in [6, 6.07) is 13.7. The van der Waals surface area contributed by atoms with Crippen LogP contribution < -0.4 is 15.4 Å². The Labute approximate surface area is 182 Å². The molecule has 2 rings (SSSR count). The maximum atomic E-state index is 12.2. The zero-order valence-corrected chi connectivity index (χ0v) is 18.9. The van der Waals surface area contributed by atoms with Crippen molar-refractivity contribution in [2.75, 3.05) is 16.8 Å². The molecule has 2 aromatic rings. The minimum atomic E-state index is -3.58. The van der Waals surface area contributed by atoms with Gasteiger partial charge in [0.15, 0.2) is 0 Å². The molecule has 0 spiro atoms. The van der Waals surface area contributed by atoms with Gasteiger partial charge in [-0.15, -0.1) is 11.8 Å². The summed E-state index contributed by atoms with van der Waals surface area (Å²) in [5.41, 5.74) is 2.51. The molecule has 3 N–H and O–H groups in total. The number of anilines is 1. The van der Waals surface area contributed by atoms with Crippen LogP contribution in [-0.4, -0.2) is 37.8 Å². The number of carbonyl (C=O) groups excluding carboxylic acids is 2. The van der Waals surface area contributed by atoms with Gasteiger partial charge in [0.2, 0.25) is 21.8 Å². The van der Waals surface area contributed by atoms with E-state index in [1.165, 1.54) is 23.9 Å². The summed E-state index contributed by atoms with van der Waals surface area (Å²) in [6.07, 6.45) is 0. The van der Waals surface area contributed by atoms with Gasteiger partial charge in [-0.05, 0) is 50.6 Å². The number of amides is 2. The van der Waals surface area contributed by atoms with Gasteiger partial charge < -0.3 is 10.6 Å². The van der Waals surface area contributed by atoms with Crippen LogP contribution in [0.5, 0.6) is 0 Å². The fraction of sp³-hybridized carbons (Fsp3) is 0.333. The third kappa shape index (κ3) is 8.17. The molecule has 0 unspecified atom stereocenters. The second kappa shape index (κ2) is 11.1. The van der Waals surface area contributed by atoms with Gasteiger partial charge in [-0.2, -0.15) is 0 Å². The van der Waals surface area contributed by atoms with E-state index in [1.54, 1.807) is 26.0 Å². The van der Waals surface area contributed by atoms with Crippen LogP contribution >= 0.6 is 11.8 Å². The van der Waals surface area contributed by atoms with Crippen LogP contribution in [0.25, 0.3) is 0 Å². The Hall–Kier alpha value is -2.36. The smallest absolute Gasteiger partial charge is 0.240 e. The number of benzene rings is 2. The Morgan fingerprint density at radius 2 is 1.67 bits per heavy atom. The lowest BCUT2D eigenvalue weighted by Gasteiger charge is -2.11. The molecule has 0 heterocycles. The largest absolute Gasteiger partial charge is 0.351 e. The highest BCUT2D eigenvalue weighted by Gasteiger charge is 2.15. The summed E-state index contributed by atoms with van der Waals surface area (Å²) in [6.45, 7) is 5.68. The van der Waals surface area contributed by atoms with Crippen LogP contribution in [0.1, 0.15) is 25.0 Å². The fourth-order valence-corrected chi connectivity index (χ4v) is 4.49. The molecular formula is C21H27N3O4S2. The van der Waals surface area contributed by atoms with Gasteiger partial charge in [0.05, 0.1) is 16.4 Å². The molecule has 0 radical (unpaired) electrons. The SMILES string of the molecule is Cc1ccc(NC(=O)CSCC(=O)NCc2cccc(S(=O)(=O)NC(C)C)c2)cc1. The molecule has 2 amide bonds. The normalized spacial score (nSPS) is 11.3. The van der Waals surface area contributed by atoms with Crippen molar-refractivity contribution < 1.29 is 18.0 Å². The van der Waals surface area contributed by atoms with Gasteiger partial charge in [-0.25, -0.2) is 13.1 Å². The molecular weight excluding hydrogens is 422 g/mol. The Balaban J connectivity index is 1.76. The molecule has 0 aliphatic heterocycles. The second-order valence-electron chi connectivity index (χ2n) is 7.11. The van der Waals surface area contributed by atoms with E-state index in [-0.39, 0.29) is 40.8 Å². The quantitative estimate of drug-likeness (QED) is 0.517. The van der Waals surface area contributed by atoms with Crippen LogP contribution in [0.4, 0.5) is 5.69 Å². The number of hydrogen-bond donors (Lipinski definition) is 3. The van der Waals surface area contributed by atoms with Crippen molar-refractivity contribution in [2.45, 2.75) is 38.3 Å². The molecule has 0 atom stereocenters. The standard InChI is InChI=1S/C21H27N3O4S2/c1-15(2)24-30(27,28)19-6-4-5-17(11-19)12-22-20(25)13-29-14-21(26)23-18-9-7-16(3)8-10-18/h4-11,15,24H,12-14H2,1-3H3,(H,22,25)(H,23,26). The summed E-state index contributed by atoms with van der Waals surface area (Å²) in [7, 11) is -3.58. The third-order valence-corrected chi connectivity index (χ3v) is 6.48. The van der Waals surface area contributed by atoms with Gasteiger partial charge in [0, 0.05) is 18.3 Å². The van der Waals surface area contributed by atoms with Crippen LogP contribution in [0, 0.1) is 6.92 Å². The molecule has 7 nitrogen and oxygen atoms in total. The number of carbonyl (C=O) groups is 2. The maximum absolute atomic E-state index is 12.2. The lowest BCUT2D eigenvalue weighted by molar-refractivity contribution is -0.118. The molecule has 0 aliphatic rings. The lowest BCUT2D eigenvalue weighted by Crippen LogP contribution is -2.30. The lowest BCUT2D eigenvalue weighted by atomic mass is 10.2. The zero-order chi connectivity index (χ0) is 22.1. The van der Waals surface area contributed by atoms with Gasteiger partial charge >= 0.3 is 0 Å². The van der Waals surface area contributed by atoms with Crippen molar-refractivity contribution in [1.82, 2.24) is 10.0 Å². The van der Waals surface area contributed by atoms with Crippen LogP contribution in [-0.2, 0) is 26.2 Å². The first-order valence-electron chi connectivity index (χ1n) is 9.48. The zero-order valence-electron chi connectivity index (χ0n) is 17.3. The molecule has 0 aromatic heterocycles. The van der Waals surface area contributed by atoms with E-state index in [2.05, 4.69) is 15.4 Å². The minimum Gasteiger partial charge on any atom is -0.351 e. The summed E-state index contributed by atoms with van der Waals surface area (Å²) < 4.78 is 27.0. The highest BCUT2D eigenvalue weighted by atomic mass is 32.2. The number of aryl methyl sites for hydroxylation is 1. The predicted octanol–water partition coefficient (Wildman–Crippen LogP) is 2.67. The van der Waals surface area contributed by atoms with Crippen molar-refractivity contribution in [3.63, 3.8) is 0 Å². The van der Waals surface area contributed by atoms with E-state index < -0.39 is 10.0 Å². The minimum absolute atomic E-state index is 0.133. The summed E-state index contributed by atoms with van der Waals surface area (Å²) in [4.78, 5) is 24.1. The molecule has 0 saturated carbocycles. The van der Waals surface area contributed by atoms with Crippen LogP contribution in [0.2, 0.25) is 0 Å². The fourth-order valence-electron chi connectivity index (χ4n) is 2.52. The van der Waals surface area contributed by atoms with E-state index in [0.717, 1.165) is 11.3 Å². The Morgan fingerprint density at radius 1 is 1.00 bits per heavy atom. The average molecular weight is 450 g/mol. The van der Waals surface area contributed by atoms with E-state index >= 15 is 0 Å². The Kier molecular flexibility index (Phi) is 8.88. The van der Waals surface area contributed by atoms with Crippen molar-refractivity contribution in [2.24, 2.45) is 0 Å². The first kappa shape index (κ1) is 23.9. The van der Waals surface area contributed by atoms with E-state index in [1.807, 2.05) is 31.2 Å². The molecule has 9 heteroatoms. The van der Waals surface area contributed by atoms with Gasteiger partial charge in [0.25, 0.3) is 0 Å². The highest BCUT2D eigenvalue weighted by molar-refractivity contribution is 8.00. The molecule has 162 valence electrons. The Bertz CT molecular complexity index is 974. The van der Waals surface area contributed by atoms with Crippen molar-refractivity contribution >= 4 is 39.3 Å². The van der Waals surface area contributed by atoms with Gasteiger partial charge in [-0.1, -0.05) is 29.8 Å². The first-order chi connectivity index (χ1) is 14.2. The Morgan fingerprint density at radius 3 is 2.33 bits per heavy atom. The van der Waals surface area contributed by atoms with E-state index in [4.69, 9.17) is 0 Å². The molecule has 0 bridgehead atoms. The second-order valence-corrected chi connectivity index (χ2v) is 9.81. The maximum Gasteiger partial charge on any atom is 0.240 e. The molecule has 0 aliphatic carbocycles. The van der Waals surface area contributed by atoms with Crippen LogP contribution in [0.15, 0.2) is 53.4 Å².